The molecule has 0 saturated heterocycles. The van der Waals surface area contributed by atoms with Crippen LogP contribution >= 0.6 is 22.9 Å². The van der Waals surface area contributed by atoms with Crippen LogP contribution in [0.1, 0.15) is 9.67 Å². The number of thiophene rings is 1. The summed E-state index contributed by atoms with van der Waals surface area (Å²) in [4.78, 5) is 24.3. The van der Waals surface area contributed by atoms with Crippen LogP contribution in [0.3, 0.4) is 0 Å². The van der Waals surface area contributed by atoms with E-state index in [2.05, 4.69) is 10.6 Å². The van der Waals surface area contributed by atoms with Crippen LogP contribution in [0.25, 0.3) is 0 Å². The van der Waals surface area contributed by atoms with E-state index in [1.807, 2.05) is 12.1 Å². The van der Waals surface area contributed by atoms with Crippen LogP contribution in [-0.4, -0.2) is 18.4 Å². The van der Waals surface area contributed by atoms with Gasteiger partial charge in [-0.25, -0.2) is 0 Å². The first-order valence-electron chi connectivity index (χ1n) is 7.76. The van der Waals surface area contributed by atoms with Gasteiger partial charge in [0, 0.05) is 5.69 Å². The lowest BCUT2D eigenvalue weighted by Gasteiger charge is -2.09. The number of carbonyl (C=O) groups excluding carboxylic acids is 2. The maximum atomic E-state index is 11.9. The van der Waals surface area contributed by atoms with Gasteiger partial charge < -0.3 is 15.4 Å². The molecule has 0 spiro atoms. The molecule has 0 radical (unpaired) electrons. The Morgan fingerprint density at radius 1 is 1.00 bits per heavy atom. The zero-order chi connectivity index (χ0) is 18.4. The van der Waals surface area contributed by atoms with Crippen molar-refractivity contribution in [3.05, 3.63) is 75.9 Å². The third-order valence-corrected chi connectivity index (χ3v) is 4.54. The maximum absolute atomic E-state index is 11.9. The highest BCUT2D eigenvalue weighted by Gasteiger charge is 2.09. The van der Waals surface area contributed by atoms with Gasteiger partial charge in [0.15, 0.2) is 0 Å². The summed E-state index contributed by atoms with van der Waals surface area (Å²) >= 11 is 7.38. The van der Waals surface area contributed by atoms with Gasteiger partial charge in [-0.05, 0) is 47.8 Å². The second-order valence-electron chi connectivity index (χ2n) is 5.27. The van der Waals surface area contributed by atoms with Gasteiger partial charge in [-0.1, -0.05) is 29.8 Å². The van der Waals surface area contributed by atoms with Crippen molar-refractivity contribution in [2.45, 2.75) is 0 Å². The molecule has 0 aliphatic heterocycles. The molecule has 0 saturated carbocycles. The Kier molecular flexibility index (Phi) is 5.88. The van der Waals surface area contributed by atoms with Crippen molar-refractivity contribution in [3.8, 4) is 11.5 Å². The lowest BCUT2D eigenvalue weighted by molar-refractivity contribution is -0.115. The SMILES string of the molecule is O=C(CNC(=O)c1cccs1)Nc1ccc(Oc2ccccc2Cl)cc1. The Balaban J connectivity index is 1.51. The molecule has 2 aromatic carbocycles. The quantitative estimate of drug-likeness (QED) is 0.652. The number of benzene rings is 2. The molecule has 132 valence electrons. The molecular weight excluding hydrogens is 372 g/mol. The van der Waals surface area contributed by atoms with Gasteiger partial charge in [-0.3, -0.25) is 9.59 Å². The van der Waals surface area contributed by atoms with Gasteiger partial charge in [0.25, 0.3) is 5.91 Å². The minimum absolute atomic E-state index is 0.103. The normalized spacial score (nSPS) is 10.2. The highest BCUT2D eigenvalue weighted by molar-refractivity contribution is 7.12. The molecule has 7 heteroatoms. The number of ether oxygens (including phenoxy) is 1. The second kappa shape index (κ2) is 8.51. The van der Waals surface area contributed by atoms with Gasteiger partial charge in [0.05, 0.1) is 16.4 Å². The largest absolute Gasteiger partial charge is 0.456 e. The molecule has 26 heavy (non-hydrogen) atoms. The van der Waals surface area contributed by atoms with Crippen molar-refractivity contribution >= 4 is 40.4 Å². The third-order valence-electron chi connectivity index (χ3n) is 3.36. The molecule has 2 amide bonds. The molecule has 2 N–H and O–H groups in total. The van der Waals surface area contributed by atoms with Crippen LogP contribution in [0.2, 0.25) is 5.02 Å². The summed E-state index contributed by atoms with van der Waals surface area (Å²) in [5.41, 5.74) is 0.604. The molecule has 3 aromatic rings. The lowest BCUT2D eigenvalue weighted by Crippen LogP contribution is -2.32. The van der Waals surface area contributed by atoms with E-state index < -0.39 is 0 Å². The van der Waals surface area contributed by atoms with E-state index in [1.54, 1.807) is 53.9 Å². The number of amides is 2. The zero-order valence-electron chi connectivity index (χ0n) is 13.6. The highest BCUT2D eigenvalue weighted by atomic mass is 35.5. The molecule has 0 aliphatic carbocycles. The average Bonchev–Trinajstić information content (AvgIpc) is 3.18. The van der Waals surface area contributed by atoms with E-state index in [4.69, 9.17) is 16.3 Å². The number of para-hydroxylation sites is 1. The van der Waals surface area contributed by atoms with E-state index in [-0.39, 0.29) is 18.4 Å². The summed E-state index contributed by atoms with van der Waals surface area (Å²) in [5.74, 6) is 0.581. The van der Waals surface area contributed by atoms with Crippen molar-refractivity contribution < 1.29 is 14.3 Å². The van der Waals surface area contributed by atoms with Gasteiger partial charge in [0.1, 0.15) is 11.5 Å². The lowest BCUT2D eigenvalue weighted by atomic mass is 10.3. The molecule has 1 aromatic heterocycles. The fourth-order valence-electron chi connectivity index (χ4n) is 2.12. The topological polar surface area (TPSA) is 67.4 Å². The molecule has 0 aliphatic rings. The van der Waals surface area contributed by atoms with Crippen LogP contribution in [-0.2, 0) is 4.79 Å². The smallest absolute Gasteiger partial charge is 0.261 e. The first-order chi connectivity index (χ1) is 12.6. The van der Waals surface area contributed by atoms with Crippen molar-refractivity contribution in [2.75, 3.05) is 11.9 Å². The molecule has 3 rings (SSSR count). The number of halogens is 1. The number of hydrogen-bond donors (Lipinski definition) is 2. The minimum atomic E-state index is -0.310. The fourth-order valence-corrected chi connectivity index (χ4v) is 2.94. The second-order valence-corrected chi connectivity index (χ2v) is 6.62. The Bertz CT molecular complexity index is 895. The third kappa shape index (κ3) is 4.84. The number of carbonyl (C=O) groups is 2. The van der Waals surface area contributed by atoms with Gasteiger partial charge in [-0.15, -0.1) is 11.3 Å². The van der Waals surface area contributed by atoms with Crippen molar-refractivity contribution in [1.29, 1.82) is 0 Å². The summed E-state index contributed by atoms with van der Waals surface area (Å²) in [5, 5.41) is 7.62. The van der Waals surface area contributed by atoms with Gasteiger partial charge >= 0.3 is 0 Å². The summed E-state index contributed by atoms with van der Waals surface area (Å²) in [6.45, 7) is -0.103. The molecular formula is C19H15ClN2O3S. The van der Waals surface area contributed by atoms with E-state index >= 15 is 0 Å². The van der Waals surface area contributed by atoms with Crippen molar-refractivity contribution in [3.63, 3.8) is 0 Å². The predicted molar refractivity (Wildman–Crippen MR) is 103 cm³/mol. The number of hydrogen-bond acceptors (Lipinski definition) is 4. The van der Waals surface area contributed by atoms with Crippen LogP contribution in [0.15, 0.2) is 66.0 Å². The van der Waals surface area contributed by atoms with E-state index in [1.165, 1.54) is 11.3 Å². The van der Waals surface area contributed by atoms with E-state index in [9.17, 15) is 9.59 Å². The highest BCUT2D eigenvalue weighted by Crippen LogP contribution is 2.29. The van der Waals surface area contributed by atoms with E-state index in [0.717, 1.165) is 0 Å². The maximum Gasteiger partial charge on any atom is 0.261 e. The molecule has 0 fully saturated rings. The Morgan fingerprint density at radius 3 is 2.46 bits per heavy atom. The average molecular weight is 387 g/mol. The van der Waals surface area contributed by atoms with Crippen LogP contribution < -0.4 is 15.4 Å². The standard InChI is InChI=1S/C19H15ClN2O3S/c20-15-4-1-2-5-16(15)25-14-9-7-13(8-10-14)22-18(23)12-21-19(24)17-6-3-11-26-17/h1-11H,12H2,(H,21,24)(H,22,23). The Labute approximate surface area is 159 Å². The predicted octanol–water partition coefficient (Wildman–Crippen LogP) is 4.56. The van der Waals surface area contributed by atoms with Crippen molar-refractivity contribution in [2.24, 2.45) is 0 Å². The number of nitrogens with one attached hydrogen (secondary N) is 2. The van der Waals surface area contributed by atoms with Crippen molar-refractivity contribution in [1.82, 2.24) is 5.32 Å². The van der Waals surface area contributed by atoms with Crippen LogP contribution in [0, 0.1) is 0 Å². The van der Waals surface area contributed by atoms with Gasteiger partial charge in [0.2, 0.25) is 5.91 Å². The summed E-state index contributed by atoms with van der Waals surface area (Å²) in [6, 6.07) is 17.5. The molecule has 5 nitrogen and oxygen atoms in total. The summed E-state index contributed by atoms with van der Waals surface area (Å²) in [6.07, 6.45) is 0. The van der Waals surface area contributed by atoms with Gasteiger partial charge in [-0.2, -0.15) is 0 Å². The molecule has 0 unspecified atom stereocenters. The van der Waals surface area contributed by atoms with E-state index in [0.29, 0.717) is 27.1 Å². The van der Waals surface area contributed by atoms with Crippen LogP contribution in [0.4, 0.5) is 5.69 Å². The molecule has 0 atom stereocenters. The monoisotopic (exact) mass is 386 g/mol. The summed E-state index contributed by atoms with van der Waals surface area (Å²) in [7, 11) is 0. The first kappa shape index (κ1) is 18.0. The molecule has 1 heterocycles. The number of rotatable bonds is 6. The summed E-state index contributed by atoms with van der Waals surface area (Å²) < 4.78 is 5.69. The zero-order valence-corrected chi connectivity index (χ0v) is 15.1. The number of anilines is 1. The first-order valence-corrected chi connectivity index (χ1v) is 9.01. The minimum Gasteiger partial charge on any atom is -0.456 e. The Hall–Kier alpha value is -2.83. The Morgan fingerprint density at radius 2 is 1.77 bits per heavy atom. The molecule has 0 bridgehead atoms. The van der Waals surface area contributed by atoms with Crippen LogP contribution in [0.5, 0.6) is 11.5 Å². The fraction of sp³-hybridized carbons (Fsp3) is 0.0526.